The number of nitrogens with one attached hydrogen (secondary N) is 1. The van der Waals surface area contributed by atoms with Crippen LogP contribution in [0.15, 0.2) is 36.5 Å². The quantitative estimate of drug-likeness (QED) is 0.653. The van der Waals surface area contributed by atoms with E-state index in [1.807, 2.05) is 0 Å². The minimum Gasteiger partial charge on any atom is -0.392 e. The Morgan fingerprint density at radius 1 is 1.37 bits per heavy atom. The number of aromatic nitrogens is 1. The summed E-state index contributed by atoms with van der Waals surface area (Å²) in [5, 5.41) is 22.4. The number of nitro groups is 1. The van der Waals surface area contributed by atoms with Gasteiger partial charge in [-0.05, 0) is 17.7 Å². The normalized spacial score (nSPS) is 10.2. The lowest BCUT2D eigenvalue weighted by Crippen LogP contribution is -2.00. The highest BCUT2D eigenvalue weighted by atomic mass is 19.1. The van der Waals surface area contributed by atoms with Crippen LogP contribution in [0.25, 0.3) is 0 Å². The molecular weight excluding hydrogens is 253 g/mol. The molecule has 7 heteroatoms. The number of pyridine rings is 1. The topological polar surface area (TPSA) is 88.3 Å². The monoisotopic (exact) mass is 263 g/mol. The Bertz CT molecular complexity index is 602. The molecule has 0 saturated carbocycles. The van der Waals surface area contributed by atoms with Gasteiger partial charge in [-0.25, -0.2) is 9.37 Å². The molecule has 0 amide bonds. The van der Waals surface area contributed by atoms with Crippen molar-refractivity contribution >= 4 is 17.2 Å². The van der Waals surface area contributed by atoms with Crippen molar-refractivity contribution in [1.82, 2.24) is 4.98 Å². The van der Waals surface area contributed by atoms with Gasteiger partial charge in [0.15, 0.2) is 0 Å². The van der Waals surface area contributed by atoms with E-state index < -0.39 is 16.4 Å². The van der Waals surface area contributed by atoms with Crippen LogP contribution in [0, 0.1) is 15.9 Å². The van der Waals surface area contributed by atoms with E-state index in [0.717, 1.165) is 12.3 Å². The molecular formula is C12H10FN3O3. The SMILES string of the molecule is O=[N+]([O-])c1cc(F)cnc1Nc1ccc(CO)cc1. The fourth-order valence-electron chi connectivity index (χ4n) is 1.49. The number of halogens is 1. The predicted octanol–water partition coefficient (Wildman–Crippen LogP) is 2.36. The van der Waals surface area contributed by atoms with Gasteiger partial charge < -0.3 is 10.4 Å². The second-order valence-corrected chi connectivity index (χ2v) is 3.76. The van der Waals surface area contributed by atoms with Crippen LogP contribution >= 0.6 is 0 Å². The molecule has 0 atom stereocenters. The van der Waals surface area contributed by atoms with E-state index in [9.17, 15) is 14.5 Å². The van der Waals surface area contributed by atoms with Crippen molar-refractivity contribution < 1.29 is 14.4 Å². The molecule has 0 unspecified atom stereocenters. The molecule has 0 radical (unpaired) electrons. The Balaban J connectivity index is 2.29. The largest absolute Gasteiger partial charge is 0.392 e. The fourth-order valence-corrected chi connectivity index (χ4v) is 1.49. The summed E-state index contributed by atoms with van der Waals surface area (Å²) in [7, 11) is 0. The van der Waals surface area contributed by atoms with Crippen LogP contribution < -0.4 is 5.32 Å². The van der Waals surface area contributed by atoms with Gasteiger partial charge in [-0.3, -0.25) is 10.1 Å². The number of nitrogens with zero attached hydrogens (tertiary/aromatic N) is 2. The summed E-state index contributed by atoms with van der Waals surface area (Å²) in [6, 6.07) is 7.41. The van der Waals surface area contributed by atoms with Crippen LogP contribution in [0.2, 0.25) is 0 Å². The van der Waals surface area contributed by atoms with Crippen molar-refractivity contribution in [1.29, 1.82) is 0 Å². The van der Waals surface area contributed by atoms with Crippen LogP contribution in [0.3, 0.4) is 0 Å². The number of anilines is 2. The van der Waals surface area contributed by atoms with Gasteiger partial charge in [0.2, 0.25) is 5.82 Å². The third-order valence-corrected chi connectivity index (χ3v) is 2.43. The van der Waals surface area contributed by atoms with E-state index >= 15 is 0 Å². The minimum atomic E-state index is -0.770. The Kier molecular flexibility index (Phi) is 3.67. The smallest absolute Gasteiger partial charge is 0.314 e. The molecule has 98 valence electrons. The van der Waals surface area contributed by atoms with E-state index in [2.05, 4.69) is 10.3 Å². The molecule has 0 aliphatic rings. The highest BCUT2D eigenvalue weighted by Crippen LogP contribution is 2.25. The lowest BCUT2D eigenvalue weighted by atomic mass is 10.2. The second kappa shape index (κ2) is 5.40. The molecule has 1 heterocycles. The highest BCUT2D eigenvalue weighted by molar-refractivity contribution is 5.65. The van der Waals surface area contributed by atoms with Gasteiger partial charge in [-0.15, -0.1) is 0 Å². The molecule has 0 spiro atoms. The second-order valence-electron chi connectivity index (χ2n) is 3.76. The molecule has 0 saturated heterocycles. The van der Waals surface area contributed by atoms with Crippen LogP contribution in [0.1, 0.15) is 5.56 Å². The van der Waals surface area contributed by atoms with Gasteiger partial charge in [0.05, 0.1) is 23.8 Å². The molecule has 2 N–H and O–H groups in total. The lowest BCUT2D eigenvalue weighted by molar-refractivity contribution is -0.384. The van der Waals surface area contributed by atoms with Crippen molar-refractivity contribution in [3.8, 4) is 0 Å². The molecule has 2 aromatic rings. The summed E-state index contributed by atoms with van der Waals surface area (Å²) in [4.78, 5) is 13.7. The van der Waals surface area contributed by atoms with Gasteiger partial charge in [-0.1, -0.05) is 12.1 Å². The van der Waals surface area contributed by atoms with Gasteiger partial charge in [-0.2, -0.15) is 0 Å². The van der Waals surface area contributed by atoms with Crippen molar-refractivity contribution in [2.75, 3.05) is 5.32 Å². The summed E-state index contributed by atoms with van der Waals surface area (Å²) in [6.07, 6.45) is 0.900. The van der Waals surface area contributed by atoms with Gasteiger partial charge in [0.1, 0.15) is 5.82 Å². The van der Waals surface area contributed by atoms with Crippen molar-refractivity contribution in [2.45, 2.75) is 6.61 Å². The zero-order valence-electron chi connectivity index (χ0n) is 9.71. The number of aliphatic hydroxyl groups is 1. The van der Waals surface area contributed by atoms with Crippen LogP contribution in [0.5, 0.6) is 0 Å². The summed E-state index contributed by atoms with van der Waals surface area (Å²) >= 11 is 0. The Labute approximate surface area is 107 Å². The van der Waals surface area contributed by atoms with Gasteiger partial charge in [0, 0.05) is 5.69 Å². The van der Waals surface area contributed by atoms with Crippen molar-refractivity contribution in [3.63, 3.8) is 0 Å². The van der Waals surface area contributed by atoms with Crippen LogP contribution in [0.4, 0.5) is 21.6 Å². The van der Waals surface area contributed by atoms with Crippen LogP contribution in [-0.2, 0) is 6.61 Å². The zero-order valence-corrected chi connectivity index (χ0v) is 9.71. The van der Waals surface area contributed by atoms with Gasteiger partial charge >= 0.3 is 5.69 Å². The number of rotatable bonds is 4. The van der Waals surface area contributed by atoms with E-state index in [1.54, 1.807) is 24.3 Å². The molecule has 19 heavy (non-hydrogen) atoms. The maximum Gasteiger partial charge on any atom is 0.314 e. The Morgan fingerprint density at radius 2 is 2.05 bits per heavy atom. The average Bonchev–Trinajstić information content (AvgIpc) is 2.41. The first-order chi connectivity index (χ1) is 9.10. The fraction of sp³-hybridized carbons (Fsp3) is 0.0833. The van der Waals surface area contributed by atoms with E-state index in [0.29, 0.717) is 11.3 Å². The number of benzene rings is 1. The summed E-state index contributed by atoms with van der Waals surface area (Å²) < 4.78 is 12.9. The van der Waals surface area contributed by atoms with Crippen LogP contribution in [-0.4, -0.2) is 15.0 Å². The molecule has 0 bridgehead atoms. The maximum atomic E-state index is 12.9. The Morgan fingerprint density at radius 3 is 2.63 bits per heavy atom. The first-order valence-corrected chi connectivity index (χ1v) is 5.37. The molecule has 0 fully saturated rings. The standard InChI is InChI=1S/C12H10FN3O3/c13-9-5-11(16(18)19)12(14-6-9)15-10-3-1-8(7-17)2-4-10/h1-6,17H,7H2,(H,14,15). The average molecular weight is 263 g/mol. The molecule has 1 aromatic heterocycles. The third kappa shape index (κ3) is 3.02. The molecule has 2 rings (SSSR count). The van der Waals surface area contributed by atoms with Gasteiger partial charge in [0.25, 0.3) is 0 Å². The molecule has 1 aromatic carbocycles. The first-order valence-electron chi connectivity index (χ1n) is 5.37. The highest BCUT2D eigenvalue weighted by Gasteiger charge is 2.16. The lowest BCUT2D eigenvalue weighted by Gasteiger charge is -2.06. The Hall–Kier alpha value is -2.54. The number of aliphatic hydroxyl groups excluding tert-OH is 1. The predicted molar refractivity (Wildman–Crippen MR) is 66.5 cm³/mol. The van der Waals surface area contributed by atoms with Crippen molar-refractivity contribution in [2.24, 2.45) is 0 Å². The summed E-state index contributed by atoms with van der Waals surface area (Å²) in [6.45, 7) is -0.0881. The van der Waals surface area contributed by atoms with E-state index in [1.165, 1.54) is 0 Å². The first kappa shape index (κ1) is 12.9. The number of hydrogen-bond donors (Lipinski definition) is 2. The van der Waals surface area contributed by atoms with E-state index in [-0.39, 0.29) is 12.4 Å². The third-order valence-electron chi connectivity index (χ3n) is 2.43. The van der Waals surface area contributed by atoms with E-state index in [4.69, 9.17) is 5.11 Å². The summed E-state index contributed by atoms with van der Waals surface area (Å²) in [5.74, 6) is -0.809. The maximum absolute atomic E-state index is 12.9. The molecule has 0 aliphatic heterocycles. The minimum absolute atomic E-state index is 0.0388. The summed E-state index contributed by atoms with van der Waals surface area (Å²) in [5.41, 5.74) is 0.831. The molecule has 0 aliphatic carbocycles. The molecule has 6 nitrogen and oxygen atoms in total. The number of hydrogen-bond acceptors (Lipinski definition) is 5. The zero-order chi connectivity index (χ0) is 13.8. The van der Waals surface area contributed by atoms with Crippen molar-refractivity contribution in [3.05, 3.63) is 58.0 Å².